The second-order valence-corrected chi connectivity index (χ2v) is 10.1. The smallest absolute Gasteiger partial charge is 0.252 e. The second-order valence-electron chi connectivity index (χ2n) is 9.64. The lowest BCUT2D eigenvalue weighted by Crippen LogP contribution is -2.38. The zero-order valence-corrected chi connectivity index (χ0v) is 22.5. The molecule has 1 aromatic heterocycles. The Hall–Kier alpha value is -4.75. The maximum atomic E-state index is 14.3. The standard InChI is InChI=1S/C32H26ClN5O2/c1-40-26-11-7-20(8-12-26)19-38-29-13-10-25(33)16-27(29)30(24-17-35-32(34)36-18-24)37-28(31(38)39)15-21-6-9-22-4-2-3-5-23(22)14-21/h2-14,16-18,28H,15,19H2,1H3,(H2,34,35,36). The van der Waals surface area contributed by atoms with Crippen molar-refractivity contribution in [3.8, 4) is 5.75 Å². The van der Waals surface area contributed by atoms with Gasteiger partial charge >= 0.3 is 0 Å². The number of nitrogen functional groups attached to an aromatic ring is 1. The van der Waals surface area contributed by atoms with Crippen LogP contribution in [0.25, 0.3) is 10.8 Å². The van der Waals surface area contributed by atoms with Gasteiger partial charge in [-0.1, -0.05) is 66.2 Å². The minimum atomic E-state index is -0.696. The Morgan fingerprint density at radius 1 is 0.900 bits per heavy atom. The number of nitrogens with two attached hydrogens (primary N) is 1. The molecule has 0 saturated heterocycles. The summed E-state index contributed by atoms with van der Waals surface area (Å²) in [6.07, 6.45) is 3.68. The number of benzene rings is 4. The molecule has 1 aliphatic heterocycles. The van der Waals surface area contributed by atoms with E-state index in [-0.39, 0.29) is 11.9 Å². The molecule has 0 bridgehead atoms. The van der Waals surface area contributed by atoms with Crippen LogP contribution in [0.4, 0.5) is 11.6 Å². The molecule has 0 saturated carbocycles. The zero-order valence-electron chi connectivity index (χ0n) is 21.8. The second kappa shape index (κ2) is 10.8. The fraction of sp³-hybridized carbons (Fsp3) is 0.125. The fourth-order valence-corrected chi connectivity index (χ4v) is 5.17. The van der Waals surface area contributed by atoms with Gasteiger partial charge in [-0.3, -0.25) is 9.79 Å². The van der Waals surface area contributed by atoms with Gasteiger partial charge < -0.3 is 15.4 Å². The van der Waals surface area contributed by atoms with Crippen molar-refractivity contribution in [1.82, 2.24) is 9.97 Å². The summed E-state index contributed by atoms with van der Waals surface area (Å²) in [5, 5.41) is 2.79. The van der Waals surface area contributed by atoms with Gasteiger partial charge in [-0.2, -0.15) is 0 Å². The number of aliphatic imine (C=N–C) groups is 1. The van der Waals surface area contributed by atoms with Crippen molar-refractivity contribution in [1.29, 1.82) is 0 Å². The van der Waals surface area contributed by atoms with Crippen molar-refractivity contribution in [2.24, 2.45) is 4.99 Å². The van der Waals surface area contributed by atoms with E-state index >= 15 is 0 Å². The number of amides is 1. The average molecular weight is 548 g/mol. The number of ether oxygens (including phenoxy) is 1. The van der Waals surface area contributed by atoms with Gasteiger partial charge in [0.15, 0.2) is 0 Å². The van der Waals surface area contributed by atoms with Gasteiger partial charge in [0.05, 0.1) is 25.1 Å². The Morgan fingerprint density at radius 2 is 1.62 bits per heavy atom. The molecule has 2 heterocycles. The molecule has 40 heavy (non-hydrogen) atoms. The third-order valence-electron chi connectivity index (χ3n) is 7.03. The molecule has 2 N–H and O–H groups in total. The number of aromatic nitrogens is 2. The highest BCUT2D eigenvalue weighted by atomic mass is 35.5. The highest BCUT2D eigenvalue weighted by Gasteiger charge is 2.33. The van der Waals surface area contributed by atoms with E-state index in [0.29, 0.717) is 35.0 Å². The molecule has 198 valence electrons. The van der Waals surface area contributed by atoms with E-state index in [2.05, 4.69) is 40.3 Å². The Morgan fingerprint density at radius 3 is 2.38 bits per heavy atom. The van der Waals surface area contributed by atoms with E-state index < -0.39 is 6.04 Å². The van der Waals surface area contributed by atoms with Crippen LogP contribution in [0.1, 0.15) is 22.3 Å². The van der Waals surface area contributed by atoms with Crippen molar-refractivity contribution in [2.75, 3.05) is 17.7 Å². The maximum Gasteiger partial charge on any atom is 0.252 e. The quantitative estimate of drug-likeness (QED) is 0.287. The van der Waals surface area contributed by atoms with Gasteiger partial charge in [0.1, 0.15) is 11.8 Å². The van der Waals surface area contributed by atoms with Crippen LogP contribution in [-0.2, 0) is 17.8 Å². The summed E-state index contributed by atoms with van der Waals surface area (Å²) in [7, 11) is 1.63. The number of hydrogen-bond acceptors (Lipinski definition) is 6. The molecule has 7 nitrogen and oxygen atoms in total. The minimum absolute atomic E-state index is 0.112. The van der Waals surface area contributed by atoms with Gasteiger partial charge in [0, 0.05) is 35.0 Å². The highest BCUT2D eigenvalue weighted by Crippen LogP contribution is 2.33. The lowest BCUT2D eigenvalue weighted by Gasteiger charge is -2.26. The Labute approximate surface area is 236 Å². The average Bonchev–Trinajstić information content (AvgIpc) is 3.08. The zero-order chi connectivity index (χ0) is 27.6. The van der Waals surface area contributed by atoms with E-state index in [4.69, 9.17) is 27.1 Å². The van der Waals surface area contributed by atoms with Crippen LogP contribution in [0.5, 0.6) is 5.75 Å². The van der Waals surface area contributed by atoms with E-state index in [0.717, 1.165) is 33.2 Å². The fourth-order valence-electron chi connectivity index (χ4n) is 5.00. The molecule has 5 aromatic rings. The lowest BCUT2D eigenvalue weighted by atomic mass is 10.0. The first-order valence-electron chi connectivity index (χ1n) is 12.9. The molecule has 1 aliphatic rings. The van der Waals surface area contributed by atoms with Gasteiger partial charge in [0.2, 0.25) is 5.95 Å². The number of benzodiazepines with no additional fused rings is 1. The van der Waals surface area contributed by atoms with Gasteiger partial charge in [-0.05, 0) is 52.2 Å². The third-order valence-corrected chi connectivity index (χ3v) is 7.26. The van der Waals surface area contributed by atoms with E-state index in [1.165, 1.54) is 0 Å². The van der Waals surface area contributed by atoms with Gasteiger partial charge in [-0.25, -0.2) is 9.97 Å². The molecule has 1 amide bonds. The van der Waals surface area contributed by atoms with Crippen molar-refractivity contribution in [3.05, 3.63) is 125 Å². The molecule has 6 rings (SSSR count). The number of nitrogens with zero attached hydrogens (tertiary/aromatic N) is 4. The van der Waals surface area contributed by atoms with Crippen LogP contribution < -0.4 is 15.4 Å². The summed E-state index contributed by atoms with van der Waals surface area (Å²) in [4.78, 5) is 29.6. The van der Waals surface area contributed by atoms with Gasteiger partial charge in [-0.15, -0.1) is 0 Å². The maximum absolute atomic E-state index is 14.3. The summed E-state index contributed by atoms with van der Waals surface area (Å²) in [5.41, 5.74) is 10.4. The normalized spacial score (nSPS) is 14.9. The molecule has 1 unspecified atom stereocenters. The molecule has 0 radical (unpaired) electrons. The molecule has 4 aromatic carbocycles. The summed E-state index contributed by atoms with van der Waals surface area (Å²) >= 11 is 6.48. The number of halogens is 1. The van der Waals surface area contributed by atoms with Crippen LogP contribution in [0.3, 0.4) is 0 Å². The SMILES string of the molecule is COc1ccc(CN2C(=O)C(Cc3ccc4ccccc4c3)N=C(c3cnc(N)nc3)c3cc(Cl)ccc32)cc1. The van der Waals surface area contributed by atoms with Crippen LogP contribution >= 0.6 is 11.6 Å². The highest BCUT2D eigenvalue weighted by molar-refractivity contribution is 6.32. The van der Waals surface area contributed by atoms with Crippen molar-refractivity contribution < 1.29 is 9.53 Å². The van der Waals surface area contributed by atoms with Crippen molar-refractivity contribution in [3.63, 3.8) is 0 Å². The summed E-state index contributed by atoms with van der Waals surface area (Å²) in [6, 6.07) is 26.9. The Balaban J connectivity index is 1.48. The van der Waals surface area contributed by atoms with Crippen LogP contribution in [-0.4, -0.2) is 34.7 Å². The van der Waals surface area contributed by atoms with E-state index in [9.17, 15) is 4.79 Å². The number of rotatable bonds is 6. The minimum Gasteiger partial charge on any atom is -0.497 e. The Bertz CT molecular complexity index is 1740. The molecular weight excluding hydrogens is 522 g/mol. The number of carbonyl (C=O) groups is 1. The molecule has 0 spiro atoms. The molecule has 8 heteroatoms. The van der Waals surface area contributed by atoms with Crippen LogP contribution in [0.2, 0.25) is 5.02 Å². The first kappa shape index (κ1) is 25.5. The topological polar surface area (TPSA) is 93.7 Å². The van der Waals surface area contributed by atoms with Gasteiger partial charge in [0.25, 0.3) is 5.91 Å². The monoisotopic (exact) mass is 547 g/mol. The number of anilines is 2. The number of methoxy groups -OCH3 is 1. The van der Waals surface area contributed by atoms with Crippen LogP contribution in [0, 0.1) is 0 Å². The van der Waals surface area contributed by atoms with Crippen LogP contribution in [0.15, 0.2) is 102 Å². The van der Waals surface area contributed by atoms with E-state index in [1.807, 2.05) is 48.5 Å². The number of hydrogen-bond donors (Lipinski definition) is 1. The first-order chi connectivity index (χ1) is 19.5. The lowest BCUT2D eigenvalue weighted by molar-refractivity contribution is -0.119. The van der Waals surface area contributed by atoms with Crippen molar-refractivity contribution >= 4 is 45.6 Å². The molecular formula is C32H26ClN5O2. The predicted octanol–water partition coefficient (Wildman–Crippen LogP) is 5.87. The van der Waals surface area contributed by atoms with Crippen molar-refractivity contribution in [2.45, 2.75) is 19.0 Å². The number of fused-ring (bicyclic) bond motifs is 2. The molecule has 1 atom stereocenters. The number of carbonyl (C=O) groups excluding carboxylic acids is 1. The first-order valence-corrected chi connectivity index (χ1v) is 13.2. The molecule has 0 aliphatic carbocycles. The largest absolute Gasteiger partial charge is 0.497 e. The molecule has 0 fully saturated rings. The Kier molecular flexibility index (Phi) is 6.88. The third kappa shape index (κ3) is 5.11. The summed E-state index contributed by atoms with van der Waals surface area (Å²) < 4.78 is 5.32. The summed E-state index contributed by atoms with van der Waals surface area (Å²) in [6.45, 7) is 0.354. The summed E-state index contributed by atoms with van der Waals surface area (Å²) in [5.74, 6) is 0.800. The predicted molar refractivity (Wildman–Crippen MR) is 159 cm³/mol. The van der Waals surface area contributed by atoms with E-state index in [1.54, 1.807) is 30.5 Å².